The number of unbranched alkanes of at least 4 members (excludes halogenated alkanes) is 30. The molecular weight excluding hydrogens is 879 g/mol. The summed E-state index contributed by atoms with van der Waals surface area (Å²) >= 11 is 0. The van der Waals surface area contributed by atoms with Crippen molar-refractivity contribution < 1.29 is 33.7 Å². The fourth-order valence-electron chi connectivity index (χ4n) is 9.34. The van der Waals surface area contributed by atoms with Crippen LogP contribution in [0.5, 0.6) is 0 Å². The Morgan fingerprint density at radius 1 is 0.386 bits per heavy atom. The van der Waals surface area contributed by atoms with E-state index >= 15 is 0 Å². The summed E-state index contributed by atoms with van der Waals surface area (Å²) in [6.07, 6.45) is 43.0. The Morgan fingerprint density at radius 2 is 0.643 bits per heavy atom. The summed E-state index contributed by atoms with van der Waals surface area (Å²) in [5.41, 5.74) is 18.4. The molecule has 0 saturated carbocycles. The third-order valence-electron chi connectivity index (χ3n) is 14.0. The van der Waals surface area contributed by atoms with Crippen molar-refractivity contribution in [3.05, 3.63) is 0 Å². The normalized spacial score (nSPS) is 13.2. The van der Waals surface area contributed by atoms with Gasteiger partial charge in [0.25, 0.3) is 0 Å². The van der Waals surface area contributed by atoms with Crippen LogP contribution >= 0.6 is 0 Å². The molecule has 0 amide bonds. The first-order valence-corrected chi connectivity index (χ1v) is 29.9. The maximum absolute atomic E-state index is 13.3. The van der Waals surface area contributed by atoms with E-state index < -0.39 is 17.9 Å². The molecule has 0 heterocycles. The Hall–Kier alpha value is -1.83. The fraction of sp³-hybridized carbons (Fsp3) is 0.948. The first kappa shape index (κ1) is 68.2. The molecule has 0 rings (SSSR count). The molecule has 0 aromatic carbocycles. The van der Waals surface area contributed by atoms with E-state index in [1.165, 1.54) is 173 Å². The Bertz CT molecular complexity index is 1170. The van der Waals surface area contributed by atoms with Crippen molar-refractivity contribution in [1.29, 1.82) is 0 Å². The summed E-state index contributed by atoms with van der Waals surface area (Å²) < 4.78 is 17.4. The quantitative estimate of drug-likeness (QED) is 0.0196. The van der Waals surface area contributed by atoms with E-state index in [1.807, 2.05) is 18.7 Å². The zero-order valence-electron chi connectivity index (χ0n) is 46.8. The van der Waals surface area contributed by atoms with Crippen molar-refractivity contribution in [3.63, 3.8) is 0 Å². The maximum Gasteiger partial charge on any atom is 0.307 e. The van der Waals surface area contributed by atoms with Gasteiger partial charge in [-0.15, -0.1) is 0 Å². The summed E-state index contributed by atoms with van der Waals surface area (Å²) in [5.74, 6) is -2.59. The van der Waals surface area contributed by atoms with Gasteiger partial charge in [-0.2, -0.15) is 0 Å². The molecule has 3 unspecified atom stereocenters. The van der Waals surface area contributed by atoms with Crippen molar-refractivity contribution in [2.75, 3.05) is 45.9 Å². The second-order valence-corrected chi connectivity index (χ2v) is 21.2. The zero-order valence-corrected chi connectivity index (χ0v) is 46.8. The summed E-state index contributed by atoms with van der Waals surface area (Å²) in [6, 6.07) is 0. The van der Waals surface area contributed by atoms with E-state index in [9.17, 15) is 19.5 Å². The molecule has 0 radical (unpaired) electrons. The molecule has 70 heavy (non-hydrogen) atoms. The van der Waals surface area contributed by atoms with Gasteiger partial charge in [0.05, 0.1) is 38.1 Å². The number of ether oxygens (including phenoxy) is 3. The Labute approximate surface area is 432 Å². The lowest BCUT2D eigenvalue weighted by Crippen LogP contribution is -2.67. The average molecular weight is 997 g/mol. The molecule has 0 bridgehead atoms. The highest BCUT2D eigenvalue weighted by molar-refractivity contribution is 5.70. The van der Waals surface area contributed by atoms with Gasteiger partial charge in [0, 0.05) is 39.3 Å². The predicted molar refractivity (Wildman–Crippen MR) is 293 cm³/mol. The van der Waals surface area contributed by atoms with Gasteiger partial charge >= 0.3 is 17.9 Å². The molecule has 3 atom stereocenters. The lowest BCUT2D eigenvalue weighted by molar-refractivity contribution is -0.154. The molecular formula is C58H117N5O7. The molecule has 0 aliphatic rings. The molecule has 0 aromatic heterocycles. The van der Waals surface area contributed by atoms with Crippen LogP contribution < -0.4 is 17.2 Å². The molecule has 0 aliphatic heterocycles. The van der Waals surface area contributed by atoms with Gasteiger partial charge in [0.2, 0.25) is 0 Å². The highest BCUT2D eigenvalue weighted by atomic mass is 16.6. The van der Waals surface area contributed by atoms with Gasteiger partial charge < -0.3 is 24.2 Å². The standard InChI is InChI=1S/C58H117N5O7/c1-6-9-12-15-18-21-24-27-30-33-36-39-52(4)68-55(65)42-45-62(46-44-57(67)70-54(58(59,60)61)41-38-35-32-29-26-23-20-17-14-11-8-3)48-49-63(50-51-64)47-43-56(66)69-53(5)40-37-34-31-28-25-22-19-16-13-10-7-2/h52-54,64H,6-51,59-61H2,1-5H3. The van der Waals surface area contributed by atoms with Crippen molar-refractivity contribution in [3.8, 4) is 0 Å². The van der Waals surface area contributed by atoms with Gasteiger partial charge in [-0.25, -0.2) is 0 Å². The molecule has 12 nitrogen and oxygen atoms in total. The van der Waals surface area contributed by atoms with Crippen LogP contribution in [0.2, 0.25) is 0 Å². The number of carbonyl (C=O) groups is 3. The Morgan fingerprint density at radius 3 is 0.929 bits per heavy atom. The lowest BCUT2D eigenvalue weighted by Gasteiger charge is -2.30. The Balaban J connectivity index is 5.11. The lowest BCUT2D eigenvalue weighted by atomic mass is 10.0. The molecule has 7 N–H and O–H groups in total. The highest BCUT2D eigenvalue weighted by Crippen LogP contribution is 2.18. The van der Waals surface area contributed by atoms with Crippen LogP contribution in [0.25, 0.3) is 0 Å². The SMILES string of the molecule is CCCCCCCCCCCCCC(C)OC(=O)CCN(CCO)CCN(CCC(=O)OC(C)CCCCCCCCCCCCC)CCC(=O)OC(CCCCCCCCCCCCC)C(N)(N)N. The topological polar surface area (TPSA) is 184 Å². The first-order valence-electron chi connectivity index (χ1n) is 29.9. The van der Waals surface area contributed by atoms with Gasteiger partial charge in [0.1, 0.15) is 6.10 Å². The molecule has 12 heteroatoms. The van der Waals surface area contributed by atoms with Crippen molar-refractivity contribution in [1.82, 2.24) is 9.80 Å². The van der Waals surface area contributed by atoms with E-state index in [1.54, 1.807) is 0 Å². The summed E-state index contributed by atoms with van der Waals surface area (Å²) in [4.78, 5) is 43.4. The van der Waals surface area contributed by atoms with Crippen LogP contribution in [-0.2, 0) is 28.6 Å². The van der Waals surface area contributed by atoms with Crippen LogP contribution in [0, 0.1) is 0 Å². The molecule has 0 saturated heterocycles. The number of carbonyl (C=O) groups excluding carboxylic acids is 3. The minimum atomic E-state index is -1.65. The first-order chi connectivity index (χ1) is 33.9. The van der Waals surface area contributed by atoms with Crippen LogP contribution in [0.4, 0.5) is 0 Å². The van der Waals surface area contributed by atoms with E-state index in [4.69, 9.17) is 31.4 Å². The third-order valence-corrected chi connectivity index (χ3v) is 14.0. The van der Waals surface area contributed by atoms with E-state index in [0.29, 0.717) is 45.7 Å². The van der Waals surface area contributed by atoms with Crippen LogP contribution in [0.1, 0.15) is 285 Å². The van der Waals surface area contributed by atoms with Crippen molar-refractivity contribution in [2.45, 2.75) is 309 Å². The molecule has 0 spiro atoms. The maximum atomic E-state index is 13.3. The van der Waals surface area contributed by atoms with Gasteiger partial charge in [-0.1, -0.05) is 213 Å². The number of nitrogens with two attached hydrogens (primary N) is 3. The summed E-state index contributed by atoms with van der Waals surface area (Å²) in [5, 5.41) is 9.92. The molecule has 0 aliphatic carbocycles. The van der Waals surface area contributed by atoms with Gasteiger partial charge in [-0.3, -0.25) is 36.5 Å². The molecule has 0 aromatic rings. The van der Waals surface area contributed by atoms with Crippen molar-refractivity contribution in [2.24, 2.45) is 17.2 Å². The second kappa shape index (κ2) is 49.4. The second-order valence-electron chi connectivity index (χ2n) is 21.2. The highest BCUT2D eigenvalue weighted by Gasteiger charge is 2.30. The van der Waals surface area contributed by atoms with Crippen LogP contribution in [0.3, 0.4) is 0 Å². The number of hydrogen-bond donors (Lipinski definition) is 4. The smallest absolute Gasteiger partial charge is 0.307 e. The number of aliphatic hydroxyl groups excluding tert-OH is 1. The van der Waals surface area contributed by atoms with E-state index in [-0.39, 0.29) is 50.0 Å². The average Bonchev–Trinajstić information content (AvgIpc) is 3.32. The fourth-order valence-corrected chi connectivity index (χ4v) is 9.34. The number of rotatable bonds is 54. The van der Waals surface area contributed by atoms with Crippen LogP contribution in [-0.4, -0.2) is 103 Å². The van der Waals surface area contributed by atoms with Gasteiger partial charge in [-0.05, 0) is 52.4 Å². The number of nitrogens with zero attached hydrogens (tertiary/aromatic N) is 2. The zero-order chi connectivity index (χ0) is 51.8. The molecule has 416 valence electrons. The number of hydrogen-bond acceptors (Lipinski definition) is 12. The van der Waals surface area contributed by atoms with E-state index in [2.05, 4.69) is 25.7 Å². The van der Waals surface area contributed by atoms with E-state index in [0.717, 1.165) is 51.4 Å². The third kappa shape index (κ3) is 46.0. The summed E-state index contributed by atoms with van der Waals surface area (Å²) in [6.45, 7) is 13.2. The monoisotopic (exact) mass is 996 g/mol. The predicted octanol–water partition coefficient (Wildman–Crippen LogP) is 13.2. The van der Waals surface area contributed by atoms with Crippen LogP contribution in [0.15, 0.2) is 0 Å². The minimum Gasteiger partial charge on any atom is -0.463 e. The molecule has 0 fully saturated rings. The van der Waals surface area contributed by atoms with Crippen molar-refractivity contribution >= 4 is 17.9 Å². The minimum absolute atomic E-state index is 0.0560. The number of aliphatic hydroxyl groups is 1. The Kier molecular flexibility index (Phi) is 48.1. The largest absolute Gasteiger partial charge is 0.463 e. The number of esters is 3. The summed E-state index contributed by atoms with van der Waals surface area (Å²) in [7, 11) is 0. The van der Waals surface area contributed by atoms with Gasteiger partial charge in [0.15, 0.2) is 5.79 Å².